The summed E-state index contributed by atoms with van der Waals surface area (Å²) in [6.07, 6.45) is 3.66. The molecule has 124 valence electrons. The molecule has 2 fully saturated rings. The fourth-order valence-electron chi connectivity index (χ4n) is 2.89. The Balaban J connectivity index is 1.64. The van der Waals surface area contributed by atoms with Crippen molar-refractivity contribution >= 4 is 17.6 Å². The van der Waals surface area contributed by atoms with Gasteiger partial charge in [0.2, 0.25) is 5.91 Å². The van der Waals surface area contributed by atoms with Crippen molar-refractivity contribution in [2.75, 3.05) is 11.9 Å². The van der Waals surface area contributed by atoms with Crippen LogP contribution < -0.4 is 10.1 Å². The fraction of sp³-hybridized carbons (Fsp3) is 0.529. The van der Waals surface area contributed by atoms with E-state index in [1.54, 1.807) is 0 Å². The lowest BCUT2D eigenvalue weighted by atomic mass is 10.0. The lowest BCUT2D eigenvalue weighted by Crippen LogP contribution is -2.22. The van der Waals surface area contributed by atoms with E-state index in [2.05, 4.69) is 5.32 Å². The SMILES string of the molecule is O=C(O)[C@@H]1CC[C@H](C(=O)Nc2ccc(F)cc2OCC2CC2)C1. The van der Waals surface area contributed by atoms with Crippen molar-refractivity contribution in [1.82, 2.24) is 0 Å². The Morgan fingerprint density at radius 3 is 2.61 bits per heavy atom. The highest BCUT2D eigenvalue weighted by Gasteiger charge is 2.34. The number of halogens is 1. The van der Waals surface area contributed by atoms with Crippen LogP contribution in [0.5, 0.6) is 5.75 Å². The minimum absolute atomic E-state index is 0.225. The third-order valence-corrected chi connectivity index (χ3v) is 4.53. The zero-order valence-electron chi connectivity index (χ0n) is 12.8. The van der Waals surface area contributed by atoms with Gasteiger partial charge in [-0.25, -0.2) is 4.39 Å². The van der Waals surface area contributed by atoms with Gasteiger partial charge in [-0.3, -0.25) is 9.59 Å². The highest BCUT2D eigenvalue weighted by molar-refractivity contribution is 5.94. The molecule has 0 radical (unpaired) electrons. The van der Waals surface area contributed by atoms with Crippen molar-refractivity contribution in [2.24, 2.45) is 17.8 Å². The zero-order valence-corrected chi connectivity index (χ0v) is 12.8. The van der Waals surface area contributed by atoms with E-state index < -0.39 is 17.7 Å². The number of carbonyl (C=O) groups excluding carboxylic acids is 1. The van der Waals surface area contributed by atoms with Crippen molar-refractivity contribution in [3.63, 3.8) is 0 Å². The number of ether oxygens (including phenoxy) is 1. The Kier molecular flexibility index (Phi) is 4.50. The molecule has 1 aromatic rings. The van der Waals surface area contributed by atoms with Gasteiger partial charge in [-0.05, 0) is 50.2 Å². The third-order valence-electron chi connectivity index (χ3n) is 4.53. The average molecular weight is 321 g/mol. The third kappa shape index (κ3) is 4.00. The lowest BCUT2D eigenvalue weighted by Gasteiger charge is -2.15. The molecule has 0 aliphatic heterocycles. The van der Waals surface area contributed by atoms with Crippen molar-refractivity contribution in [3.05, 3.63) is 24.0 Å². The van der Waals surface area contributed by atoms with Crippen LogP contribution in [0.4, 0.5) is 10.1 Å². The standard InChI is InChI=1S/C17H20FNO4/c18-13-5-6-14(15(8-13)23-9-10-1-2-10)19-16(20)11-3-4-12(7-11)17(21)22/h5-6,8,10-12H,1-4,7,9H2,(H,19,20)(H,21,22)/t11-,12+/m0/s1. The van der Waals surface area contributed by atoms with Crippen LogP contribution in [0, 0.1) is 23.6 Å². The minimum atomic E-state index is -0.851. The molecule has 0 aromatic heterocycles. The number of anilines is 1. The van der Waals surface area contributed by atoms with Gasteiger partial charge in [0.05, 0.1) is 18.2 Å². The summed E-state index contributed by atoms with van der Waals surface area (Å²) in [5.41, 5.74) is 0.441. The van der Waals surface area contributed by atoms with Crippen LogP contribution in [0.25, 0.3) is 0 Å². The topological polar surface area (TPSA) is 75.6 Å². The minimum Gasteiger partial charge on any atom is -0.491 e. The summed E-state index contributed by atoms with van der Waals surface area (Å²) in [7, 11) is 0. The Bertz CT molecular complexity index is 615. The molecule has 2 aliphatic carbocycles. The monoisotopic (exact) mass is 321 g/mol. The van der Waals surface area contributed by atoms with Gasteiger partial charge in [0.1, 0.15) is 11.6 Å². The Morgan fingerprint density at radius 2 is 1.96 bits per heavy atom. The van der Waals surface area contributed by atoms with E-state index >= 15 is 0 Å². The number of aliphatic carboxylic acids is 1. The zero-order chi connectivity index (χ0) is 16.4. The van der Waals surface area contributed by atoms with E-state index in [4.69, 9.17) is 9.84 Å². The van der Waals surface area contributed by atoms with E-state index in [0.717, 1.165) is 12.8 Å². The Hall–Kier alpha value is -2.11. The summed E-state index contributed by atoms with van der Waals surface area (Å²) in [6.45, 7) is 0.525. The van der Waals surface area contributed by atoms with Gasteiger partial charge in [-0.15, -0.1) is 0 Å². The molecular formula is C17H20FNO4. The number of carbonyl (C=O) groups is 2. The van der Waals surface area contributed by atoms with Crippen molar-refractivity contribution < 1.29 is 23.8 Å². The maximum Gasteiger partial charge on any atom is 0.306 e. The number of carboxylic acid groups (broad SMARTS) is 1. The van der Waals surface area contributed by atoms with E-state index in [9.17, 15) is 14.0 Å². The predicted octanol–water partition coefficient (Wildman–Crippen LogP) is 3.05. The molecule has 0 heterocycles. The molecule has 5 nitrogen and oxygen atoms in total. The van der Waals surface area contributed by atoms with Crippen LogP contribution in [0.1, 0.15) is 32.1 Å². The largest absolute Gasteiger partial charge is 0.491 e. The summed E-state index contributed by atoms with van der Waals surface area (Å²) >= 11 is 0. The van der Waals surface area contributed by atoms with Crippen LogP contribution >= 0.6 is 0 Å². The second kappa shape index (κ2) is 6.56. The molecule has 2 saturated carbocycles. The first-order valence-electron chi connectivity index (χ1n) is 7.99. The molecule has 0 unspecified atom stereocenters. The van der Waals surface area contributed by atoms with Gasteiger partial charge < -0.3 is 15.2 Å². The number of rotatable bonds is 6. The molecule has 2 aliphatic rings. The van der Waals surface area contributed by atoms with Crippen LogP contribution in [-0.4, -0.2) is 23.6 Å². The molecule has 3 rings (SSSR count). The first-order valence-corrected chi connectivity index (χ1v) is 7.99. The number of nitrogens with one attached hydrogen (secondary N) is 1. The lowest BCUT2D eigenvalue weighted by molar-refractivity contribution is -0.141. The maximum absolute atomic E-state index is 13.4. The first-order chi connectivity index (χ1) is 11.0. The molecule has 1 amide bonds. The summed E-state index contributed by atoms with van der Waals surface area (Å²) in [6, 6.07) is 4.03. The van der Waals surface area contributed by atoms with Crippen LogP contribution in [0.3, 0.4) is 0 Å². The van der Waals surface area contributed by atoms with Crippen molar-refractivity contribution in [1.29, 1.82) is 0 Å². The molecule has 2 N–H and O–H groups in total. The number of carboxylic acids is 1. The van der Waals surface area contributed by atoms with Gasteiger partial charge in [-0.1, -0.05) is 0 Å². The van der Waals surface area contributed by atoms with Gasteiger partial charge in [0.25, 0.3) is 0 Å². The van der Waals surface area contributed by atoms with E-state index in [1.807, 2.05) is 0 Å². The van der Waals surface area contributed by atoms with Crippen LogP contribution in [0.15, 0.2) is 18.2 Å². The van der Waals surface area contributed by atoms with Crippen LogP contribution in [-0.2, 0) is 9.59 Å². The van der Waals surface area contributed by atoms with Gasteiger partial charge in [-0.2, -0.15) is 0 Å². The normalized spacial score (nSPS) is 23.5. The van der Waals surface area contributed by atoms with Crippen molar-refractivity contribution in [2.45, 2.75) is 32.1 Å². The fourth-order valence-corrected chi connectivity index (χ4v) is 2.89. The molecule has 0 spiro atoms. The number of amides is 1. The summed E-state index contributed by atoms with van der Waals surface area (Å²) in [4.78, 5) is 23.3. The van der Waals surface area contributed by atoms with Gasteiger partial charge in [0.15, 0.2) is 0 Å². The highest BCUT2D eigenvalue weighted by Crippen LogP contribution is 2.35. The van der Waals surface area contributed by atoms with Crippen LogP contribution in [0.2, 0.25) is 0 Å². The summed E-state index contributed by atoms with van der Waals surface area (Å²) in [5, 5.41) is 11.8. The highest BCUT2D eigenvalue weighted by atomic mass is 19.1. The number of benzene rings is 1. The molecule has 2 atom stereocenters. The number of hydrogen-bond acceptors (Lipinski definition) is 3. The predicted molar refractivity (Wildman–Crippen MR) is 81.7 cm³/mol. The quantitative estimate of drug-likeness (QED) is 0.844. The first kappa shape index (κ1) is 15.8. The van der Waals surface area contributed by atoms with E-state index in [-0.39, 0.29) is 11.8 Å². The molecule has 0 bridgehead atoms. The average Bonchev–Trinajstić information content (AvgIpc) is 3.20. The summed E-state index contributed by atoms with van der Waals surface area (Å²) in [5.74, 6) is -1.42. The smallest absolute Gasteiger partial charge is 0.306 e. The molecule has 23 heavy (non-hydrogen) atoms. The second-order valence-electron chi connectivity index (χ2n) is 6.43. The maximum atomic E-state index is 13.4. The Morgan fingerprint density at radius 1 is 1.22 bits per heavy atom. The number of hydrogen-bond donors (Lipinski definition) is 2. The second-order valence-corrected chi connectivity index (χ2v) is 6.43. The van der Waals surface area contributed by atoms with E-state index in [0.29, 0.717) is 43.2 Å². The Labute approximate surface area is 133 Å². The molecule has 6 heteroatoms. The molecule has 0 saturated heterocycles. The van der Waals surface area contributed by atoms with Gasteiger partial charge >= 0.3 is 5.97 Å². The van der Waals surface area contributed by atoms with E-state index in [1.165, 1.54) is 18.2 Å². The summed E-state index contributed by atoms with van der Waals surface area (Å²) < 4.78 is 19.0. The molecular weight excluding hydrogens is 301 g/mol. The molecule has 1 aromatic carbocycles. The van der Waals surface area contributed by atoms with Gasteiger partial charge in [0, 0.05) is 12.0 Å². The van der Waals surface area contributed by atoms with Crippen molar-refractivity contribution in [3.8, 4) is 5.75 Å².